The number of rotatable bonds is 6. The van der Waals surface area contributed by atoms with Crippen LogP contribution < -0.4 is 5.32 Å². The normalized spacial score (nSPS) is 14.9. The molecule has 0 aliphatic carbocycles. The third-order valence-electron chi connectivity index (χ3n) is 2.87. The first-order valence-electron chi connectivity index (χ1n) is 7.09. The highest BCUT2D eigenvalue weighted by Crippen LogP contribution is 2.13. The van der Waals surface area contributed by atoms with Gasteiger partial charge in [0.05, 0.1) is 0 Å². The van der Waals surface area contributed by atoms with Crippen molar-refractivity contribution >= 4 is 11.9 Å². The van der Waals surface area contributed by atoms with Crippen LogP contribution in [0.3, 0.4) is 0 Å². The Balaban J connectivity index is 4.58. The second-order valence-corrected chi connectivity index (χ2v) is 6.54. The second-order valence-electron chi connectivity index (χ2n) is 6.54. The summed E-state index contributed by atoms with van der Waals surface area (Å²) in [7, 11) is 0. The number of nitrogens with one attached hydrogen (secondary N) is 1. The average molecular weight is 271 g/mol. The molecule has 0 heterocycles. The van der Waals surface area contributed by atoms with Gasteiger partial charge in [-0.25, -0.2) is 4.79 Å². The zero-order valence-corrected chi connectivity index (χ0v) is 13.4. The minimum atomic E-state index is -0.573. The van der Waals surface area contributed by atoms with E-state index in [-0.39, 0.29) is 17.8 Å². The van der Waals surface area contributed by atoms with Crippen molar-refractivity contribution in [2.75, 3.05) is 0 Å². The molecule has 112 valence electrons. The van der Waals surface area contributed by atoms with E-state index in [4.69, 9.17) is 4.74 Å². The Bertz CT molecular complexity index is 305. The fraction of sp³-hybridized carbons (Fsp3) is 0.867. The van der Waals surface area contributed by atoms with Crippen molar-refractivity contribution in [1.82, 2.24) is 5.32 Å². The van der Waals surface area contributed by atoms with Crippen LogP contribution in [-0.4, -0.2) is 23.5 Å². The summed E-state index contributed by atoms with van der Waals surface area (Å²) in [5.41, 5.74) is -0.536. The summed E-state index contributed by atoms with van der Waals surface area (Å²) in [5.74, 6) is -0.110. The maximum Gasteiger partial charge on any atom is 0.329 e. The lowest BCUT2D eigenvalue weighted by Gasteiger charge is -2.26. The van der Waals surface area contributed by atoms with Crippen molar-refractivity contribution in [2.45, 2.75) is 73.0 Å². The molecule has 0 rings (SSSR count). The Labute approximate surface area is 117 Å². The number of esters is 1. The third-order valence-corrected chi connectivity index (χ3v) is 2.87. The van der Waals surface area contributed by atoms with Gasteiger partial charge < -0.3 is 10.1 Å². The lowest BCUT2D eigenvalue weighted by atomic mass is 10.0. The van der Waals surface area contributed by atoms with E-state index in [0.717, 1.165) is 6.42 Å². The van der Waals surface area contributed by atoms with Gasteiger partial charge in [0.2, 0.25) is 5.91 Å². The van der Waals surface area contributed by atoms with E-state index in [9.17, 15) is 9.59 Å². The highest BCUT2D eigenvalue weighted by atomic mass is 16.6. The summed E-state index contributed by atoms with van der Waals surface area (Å²) in [6.45, 7) is 13.3. The van der Waals surface area contributed by atoms with Gasteiger partial charge in [-0.15, -0.1) is 0 Å². The van der Waals surface area contributed by atoms with Gasteiger partial charge in [0.25, 0.3) is 0 Å². The van der Waals surface area contributed by atoms with Gasteiger partial charge in [-0.1, -0.05) is 34.1 Å². The van der Waals surface area contributed by atoms with Crippen LogP contribution in [0.15, 0.2) is 0 Å². The molecule has 0 aromatic carbocycles. The lowest BCUT2D eigenvalue weighted by molar-refractivity contribution is -0.160. The Hall–Kier alpha value is -1.06. The first kappa shape index (κ1) is 17.9. The molecule has 1 amide bonds. The second kappa shape index (κ2) is 7.51. The number of ether oxygens (including phenoxy) is 1. The van der Waals surface area contributed by atoms with Gasteiger partial charge in [-0.05, 0) is 32.6 Å². The number of hydrogen-bond donors (Lipinski definition) is 1. The van der Waals surface area contributed by atoms with Crippen molar-refractivity contribution in [3.05, 3.63) is 0 Å². The van der Waals surface area contributed by atoms with E-state index in [1.165, 1.54) is 0 Å². The Kier molecular flexibility index (Phi) is 7.09. The number of hydrogen-bond acceptors (Lipinski definition) is 3. The van der Waals surface area contributed by atoms with Crippen LogP contribution in [0.1, 0.15) is 61.3 Å². The van der Waals surface area contributed by atoms with Crippen molar-refractivity contribution in [3.63, 3.8) is 0 Å². The molecular formula is C15H29NO3. The van der Waals surface area contributed by atoms with Gasteiger partial charge in [-0.2, -0.15) is 0 Å². The monoisotopic (exact) mass is 271 g/mol. The molecule has 4 nitrogen and oxygen atoms in total. The molecular weight excluding hydrogens is 242 g/mol. The number of carbonyl (C=O) groups excluding carboxylic acids is 2. The topological polar surface area (TPSA) is 55.4 Å². The predicted molar refractivity (Wildman–Crippen MR) is 76.7 cm³/mol. The van der Waals surface area contributed by atoms with Crippen molar-refractivity contribution in [1.29, 1.82) is 0 Å². The molecule has 1 N–H and O–H groups in total. The van der Waals surface area contributed by atoms with Crippen LogP contribution in [0.25, 0.3) is 0 Å². The quantitative estimate of drug-likeness (QED) is 0.756. The van der Waals surface area contributed by atoms with Crippen molar-refractivity contribution in [2.24, 2.45) is 11.8 Å². The molecule has 0 radical (unpaired) electrons. The zero-order chi connectivity index (χ0) is 15.2. The molecule has 0 aliphatic heterocycles. The zero-order valence-electron chi connectivity index (χ0n) is 13.4. The molecule has 0 saturated heterocycles. The standard InChI is InChI=1S/C15H29NO3/c1-8-11(4)9-12(17)16-13(10(2)3)14(18)19-15(5,6)7/h10-11,13H,8-9H2,1-7H3,(H,16,17)/t11?,13-/m1/s1. The van der Waals surface area contributed by atoms with Crippen LogP contribution in [0.5, 0.6) is 0 Å². The van der Waals surface area contributed by atoms with Crippen molar-refractivity contribution in [3.8, 4) is 0 Å². The SMILES string of the molecule is CCC(C)CC(=O)N[C@@H](C(=O)OC(C)(C)C)C(C)C. The maximum absolute atomic E-state index is 12.1. The van der Waals surface area contributed by atoms with Gasteiger partial charge in [0, 0.05) is 6.42 Å². The molecule has 1 unspecified atom stereocenters. The molecule has 0 aromatic heterocycles. The van der Waals surface area contributed by atoms with Crippen LogP contribution in [0.2, 0.25) is 0 Å². The van der Waals surface area contributed by atoms with Crippen molar-refractivity contribution < 1.29 is 14.3 Å². The minimum absolute atomic E-state index is 0.00994. The van der Waals surface area contributed by atoms with E-state index >= 15 is 0 Å². The van der Waals surface area contributed by atoms with E-state index in [1.807, 2.05) is 48.5 Å². The summed E-state index contributed by atoms with van der Waals surface area (Å²) >= 11 is 0. The molecule has 19 heavy (non-hydrogen) atoms. The number of amides is 1. The summed E-state index contributed by atoms with van der Waals surface area (Å²) in [6.07, 6.45) is 1.40. The summed E-state index contributed by atoms with van der Waals surface area (Å²) < 4.78 is 5.34. The lowest BCUT2D eigenvalue weighted by Crippen LogP contribution is -2.47. The van der Waals surface area contributed by atoms with Crippen LogP contribution in [0.4, 0.5) is 0 Å². The van der Waals surface area contributed by atoms with Crippen LogP contribution >= 0.6 is 0 Å². The smallest absolute Gasteiger partial charge is 0.329 e. The van der Waals surface area contributed by atoms with Gasteiger partial charge >= 0.3 is 5.97 Å². The fourth-order valence-electron chi connectivity index (χ4n) is 1.56. The van der Waals surface area contributed by atoms with E-state index in [1.54, 1.807) is 0 Å². The molecule has 0 bridgehead atoms. The third kappa shape index (κ3) is 7.85. The highest BCUT2D eigenvalue weighted by Gasteiger charge is 2.29. The van der Waals surface area contributed by atoms with Crippen LogP contribution in [0, 0.1) is 11.8 Å². The summed E-state index contributed by atoms with van der Waals surface area (Å²) in [6, 6.07) is -0.573. The largest absolute Gasteiger partial charge is 0.458 e. The van der Waals surface area contributed by atoms with Gasteiger partial charge in [0.15, 0.2) is 0 Å². The molecule has 0 fully saturated rings. The Morgan fingerprint density at radius 3 is 2.05 bits per heavy atom. The first-order chi connectivity index (χ1) is 8.56. The Morgan fingerprint density at radius 2 is 1.68 bits per heavy atom. The molecule has 0 aromatic rings. The predicted octanol–water partition coefficient (Wildman–Crippen LogP) is 2.91. The molecule has 0 aliphatic rings. The molecule has 4 heteroatoms. The maximum atomic E-state index is 12.1. The highest BCUT2D eigenvalue weighted by molar-refractivity contribution is 5.84. The molecule has 0 spiro atoms. The molecule has 2 atom stereocenters. The van der Waals surface area contributed by atoms with Gasteiger partial charge in [0.1, 0.15) is 11.6 Å². The number of carbonyl (C=O) groups is 2. The molecule has 0 saturated carbocycles. The summed E-state index contributed by atoms with van der Waals surface area (Å²) in [5, 5.41) is 2.79. The van der Waals surface area contributed by atoms with E-state index < -0.39 is 11.6 Å². The van der Waals surface area contributed by atoms with E-state index in [0.29, 0.717) is 12.3 Å². The first-order valence-corrected chi connectivity index (χ1v) is 7.09. The summed E-state index contributed by atoms with van der Waals surface area (Å²) in [4.78, 5) is 23.9. The van der Waals surface area contributed by atoms with Crippen LogP contribution in [-0.2, 0) is 14.3 Å². The van der Waals surface area contributed by atoms with Gasteiger partial charge in [-0.3, -0.25) is 4.79 Å². The fourth-order valence-corrected chi connectivity index (χ4v) is 1.56. The van der Waals surface area contributed by atoms with E-state index in [2.05, 4.69) is 5.32 Å². The Morgan fingerprint density at radius 1 is 1.16 bits per heavy atom. The average Bonchev–Trinajstić information content (AvgIpc) is 2.22. The minimum Gasteiger partial charge on any atom is -0.458 e.